The third kappa shape index (κ3) is 3.85. The molecule has 0 amide bonds. The van der Waals surface area contributed by atoms with Crippen molar-refractivity contribution < 1.29 is 0 Å². The van der Waals surface area contributed by atoms with Gasteiger partial charge in [0, 0.05) is 23.7 Å². The summed E-state index contributed by atoms with van der Waals surface area (Å²) in [6.07, 6.45) is 3.57. The lowest BCUT2D eigenvalue weighted by atomic mass is 10.1. The number of rotatable bonds is 5. The van der Waals surface area contributed by atoms with Gasteiger partial charge in [-0.05, 0) is 61.7 Å². The van der Waals surface area contributed by atoms with E-state index < -0.39 is 0 Å². The van der Waals surface area contributed by atoms with Crippen LogP contribution in [0.4, 0.5) is 0 Å². The molecule has 2 aromatic heterocycles. The van der Waals surface area contributed by atoms with Crippen LogP contribution in [0.15, 0.2) is 72.1 Å². The fourth-order valence-electron chi connectivity index (χ4n) is 3.10. The van der Waals surface area contributed by atoms with Gasteiger partial charge < -0.3 is 0 Å². The number of hydrogen-bond donors (Lipinski definition) is 0. The van der Waals surface area contributed by atoms with E-state index in [0.29, 0.717) is 0 Å². The van der Waals surface area contributed by atoms with E-state index in [1.54, 1.807) is 24.2 Å². The summed E-state index contributed by atoms with van der Waals surface area (Å²) in [5, 5.41) is 9.91. The van der Waals surface area contributed by atoms with Crippen LogP contribution in [0.25, 0.3) is 17.1 Å². The first kappa shape index (κ1) is 18.4. The van der Waals surface area contributed by atoms with E-state index in [-0.39, 0.29) is 0 Å². The Hall–Kier alpha value is -2.92. The SMILES string of the molecule is Cc1cccc(CSc2nnc(-c3ccncc3)n2-c2ccc(C)c(C)c2)c1. The van der Waals surface area contributed by atoms with Gasteiger partial charge in [-0.2, -0.15) is 0 Å². The zero-order valence-corrected chi connectivity index (χ0v) is 17.1. The third-order valence-electron chi connectivity index (χ3n) is 4.77. The molecule has 2 heterocycles. The normalized spacial score (nSPS) is 11.0. The lowest BCUT2D eigenvalue weighted by Crippen LogP contribution is -2.01. The Labute approximate surface area is 169 Å². The van der Waals surface area contributed by atoms with Crippen LogP contribution in [0, 0.1) is 20.8 Å². The smallest absolute Gasteiger partial charge is 0.196 e. The molecule has 0 aliphatic rings. The van der Waals surface area contributed by atoms with Gasteiger partial charge in [0.1, 0.15) is 0 Å². The minimum Gasteiger partial charge on any atom is -0.270 e. The van der Waals surface area contributed by atoms with Crippen molar-refractivity contribution in [1.29, 1.82) is 0 Å². The van der Waals surface area contributed by atoms with E-state index in [2.05, 4.69) is 83.0 Å². The van der Waals surface area contributed by atoms with Crippen molar-refractivity contribution in [3.05, 3.63) is 89.2 Å². The highest BCUT2D eigenvalue weighted by molar-refractivity contribution is 7.98. The number of hydrogen-bond acceptors (Lipinski definition) is 4. The van der Waals surface area contributed by atoms with Crippen LogP contribution in [0.2, 0.25) is 0 Å². The van der Waals surface area contributed by atoms with Gasteiger partial charge in [0.2, 0.25) is 0 Å². The molecule has 4 aromatic rings. The maximum Gasteiger partial charge on any atom is 0.196 e. The first-order chi connectivity index (χ1) is 13.6. The Kier molecular flexibility index (Phi) is 5.26. The summed E-state index contributed by atoms with van der Waals surface area (Å²) in [5.41, 5.74) is 7.16. The monoisotopic (exact) mass is 386 g/mol. The van der Waals surface area contributed by atoms with E-state index in [9.17, 15) is 0 Å². The number of nitrogens with zero attached hydrogens (tertiary/aromatic N) is 4. The Balaban J connectivity index is 1.75. The van der Waals surface area contributed by atoms with E-state index >= 15 is 0 Å². The van der Waals surface area contributed by atoms with Crippen LogP contribution in [-0.4, -0.2) is 19.7 Å². The van der Waals surface area contributed by atoms with Gasteiger partial charge in [-0.1, -0.05) is 47.7 Å². The van der Waals surface area contributed by atoms with Crippen molar-refractivity contribution in [3.63, 3.8) is 0 Å². The van der Waals surface area contributed by atoms with Gasteiger partial charge in [-0.3, -0.25) is 9.55 Å². The Bertz CT molecular complexity index is 1100. The van der Waals surface area contributed by atoms with Crippen molar-refractivity contribution in [2.75, 3.05) is 0 Å². The first-order valence-electron chi connectivity index (χ1n) is 9.23. The number of aromatic nitrogens is 4. The zero-order valence-electron chi connectivity index (χ0n) is 16.3. The van der Waals surface area contributed by atoms with Gasteiger partial charge >= 0.3 is 0 Å². The summed E-state index contributed by atoms with van der Waals surface area (Å²) in [4.78, 5) is 4.13. The van der Waals surface area contributed by atoms with E-state index in [4.69, 9.17) is 0 Å². The summed E-state index contributed by atoms with van der Waals surface area (Å²) in [6.45, 7) is 6.38. The zero-order chi connectivity index (χ0) is 19.5. The fourth-order valence-corrected chi connectivity index (χ4v) is 3.99. The standard InChI is InChI=1S/C23H22N4S/c1-16-5-4-6-19(13-16)15-28-23-26-25-22(20-9-11-24-12-10-20)27(23)21-8-7-17(2)18(3)14-21/h4-14H,15H2,1-3H3. The number of thioether (sulfide) groups is 1. The van der Waals surface area contributed by atoms with Crippen LogP contribution >= 0.6 is 11.8 Å². The van der Waals surface area contributed by atoms with Crippen molar-refractivity contribution in [1.82, 2.24) is 19.7 Å². The molecule has 4 rings (SSSR count). The number of pyridine rings is 1. The first-order valence-corrected chi connectivity index (χ1v) is 10.2. The van der Waals surface area contributed by atoms with Crippen LogP contribution < -0.4 is 0 Å². The topological polar surface area (TPSA) is 43.6 Å². The molecule has 0 N–H and O–H groups in total. The molecule has 4 nitrogen and oxygen atoms in total. The lowest BCUT2D eigenvalue weighted by molar-refractivity contribution is 0.884. The quantitative estimate of drug-likeness (QED) is 0.422. The average molecular weight is 387 g/mol. The maximum atomic E-state index is 4.51. The molecule has 140 valence electrons. The molecule has 2 aromatic carbocycles. The summed E-state index contributed by atoms with van der Waals surface area (Å²) in [7, 11) is 0. The minimum atomic E-state index is 0.831. The van der Waals surface area contributed by atoms with Gasteiger partial charge in [-0.25, -0.2) is 0 Å². The van der Waals surface area contributed by atoms with Crippen molar-refractivity contribution in [2.45, 2.75) is 31.7 Å². The largest absolute Gasteiger partial charge is 0.270 e. The van der Waals surface area contributed by atoms with E-state index in [1.807, 2.05) is 12.1 Å². The van der Waals surface area contributed by atoms with Crippen molar-refractivity contribution in [2.24, 2.45) is 0 Å². The molecule has 0 aliphatic carbocycles. The summed E-state index contributed by atoms with van der Waals surface area (Å²) in [6, 6.07) is 19.0. The molecule has 0 spiro atoms. The summed E-state index contributed by atoms with van der Waals surface area (Å²) in [5.74, 6) is 1.68. The molecule has 0 bridgehead atoms. The maximum absolute atomic E-state index is 4.51. The van der Waals surface area contributed by atoms with Crippen molar-refractivity contribution >= 4 is 11.8 Å². The molecular formula is C23H22N4S. The van der Waals surface area contributed by atoms with Crippen LogP contribution in [0.5, 0.6) is 0 Å². The van der Waals surface area contributed by atoms with Crippen LogP contribution in [0.3, 0.4) is 0 Å². The second-order valence-electron chi connectivity index (χ2n) is 6.92. The highest BCUT2D eigenvalue weighted by atomic mass is 32.2. The molecule has 0 unspecified atom stereocenters. The van der Waals surface area contributed by atoms with E-state index in [1.165, 1.54) is 22.3 Å². The molecule has 0 fully saturated rings. The predicted molar refractivity (Wildman–Crippen MR) is 115 cm³/mol. The van der Waals surface area contributed by atoms with Crippen molar-refractivity contribution in [3.8, 4) is 17.1 Å². The molecule has 5 heteroatoms. The molecule has 28 heavy (non-hydrogen) atoms. The molecule has 0 aliphatic heterocycles. The molecule has 0 radical (unpaired) electrons. The third-order valence-corrected chi connectivity index (χ3v) is 5.77. The summed E-state index contributed by atoms with van der Waals surface area (Å²) >= 11 is 1.70. The minimum absolute atomic E-state index is 0.831. The second-order valence-corrected chi connectivity index (χ2v) is 7.87. The van der Waals surface area contributed by atoms with E-state index in [0.717, 1.165) is 28.0 Å². The fraction of sp³-hybridized carbons (Fsp3) is 0.174. The Morgan fingerprint density at radius 1 is 0.857 bits per heavy atom. The predicted octanol–water partition coefficient (Wildman–Crippen LogP) is 5.55. The van der Waals surface area contributed by atoms with Gasteiger partial charge in [0.05, 0.1) is 5.69 Å². The highest BCUT2D eigenvalue weighted by Crippen LogP contribution is 2.30. The molecular weight excluding hydrogens is 364 g/mol. The number of benzene rings is 2. The molecule has 0 saturated carbocycles. The van der Waals surface area contributed by atoms with Crippen LogP contribution in [0.1, 0.15) is 22.3 Å². The molecule has 0 saturated heterocycles. The van der Waals surface area contributed by atoms with Crippen LogP contribution in [-0.2, 0) is 5.75 Å². The second kappa shape index (κ2) is 7.98. The van der Waals surface area contributed by atoms with Gasteiger partial charge in [0.25, 0.3) is 0 Å². The summed E-state index contributed by atoms with van der Waals surface area (Å²) < 4.78 is 2.14. The lowest BCUT2D eigenvalue weighted by Gasteiger charge is -2.12. The highest BCUT2D eigenvalue weighted by Gasteiger charge is 2.16. The number of aryl methyl sites for hydroxylation is 3. The van der Waals surface area contributed by atoms with Gasteiger partial charge in [0.15, 0.2) is 11.0 Å². The molecule has 0 atom stereocenters. The Morgan fingerprint density at radius 3 is 2.43 bits per heavy atom. The average Bonchev–Trinajstić information content (AvgIpc) is 3.13. The Morgan fingerprint density at radius 2 is 1.68 bits per heavy atom. The van der Waals surface area contributed by atoms with Gasteiger partial charge in [-0.15, -0.1) is 10.2 Å².